The molecule has 1 N–H and O–H groups in total. The molecule has 4 heteroatoms. The number of esters is 1. The summed E-state index contributed by atoms with van der Waals surface area (Å²) in [5, 5.41) is 9.36. The third-order valence-corrected chi connectivity index (χ3v) is 2.02. The number of ketones is 1. The number of benzene rings is 1. The summed E-state index contributed by atoms with van der Waals surface area (Å²) < 4.78 is 4.50. The first kappa shape index (κ1) is 11.2. The Kier molecular flexibility index (Phi) is 3.44. The highest BCUT2D eigenvalue weighted by atomic mass is 16.5. The molecule has 80 valence electrons. The molecular weight excluding hydrogens is 196 g/mol. The highest BCUT2D eigenvalue weighted by Gasteiger charge is 2.09. The molecule has 1 aromatic carbocycles. The van der Waals surface area contributed by atoms with Crippen molar-refractivity contribution in [1.82, 2.24) is 0 Å². The van der Waals surface area contributed by atoms with Gasteiger partial charge in [0.25, 0.3) is 0 Å². The monoisotopic (exact) mass is 208 g/mol. The second kappa shape index (κ2) is 4.59. The third-order valence-electron chi connectivity index (χ3n) is 2.02. The lowest BCUT2D eigenvalue weighted by Crippen LogP contribution is -2.05. The highest BCUT2D eigenvalue weighted by molar-refractivity contribution is 5.97. The zero-order chi connectivity index (χ0) is 11.4. The fourth-order valence-electron chi connectivity index (χ4n) is 1.21. The Hall–Kier alpha value is -1.84. The minimum absolute atomic E-state index is 0.0730. The molecule has 15 heavy (non-hydrogen) atoms. The molecule has 0 radical (unpaired) electrons. The van der Waals surface area contributed by atoms with Gasteiger partial charge in [-0.1, -0.05) is 6.07 Å². The molecule has 0 unspecified atom stereocenters. The maximum Gasteiger partial charge on any atom is 0.309 e. The molecule has 0 aliphatic heterocycles. The van der Waals surface area contributed by atoms with Crippen LogP contribution in [0.1, 0.15) is 22.8 Å². The van der Waals surface area contributed by atoms with Gasteiger partial charge in [-0.2, -0.15) is 0 Å². The van der Waals surface area contributed by atoms with Gasteiger partial charge in [0.15, 0.2) is 5.78 Å². The van der Waals surface area contributed by atoms with Crippen molar-refractivity contribution in [3.05, 3.63) is 29.3 Å². The maximum atomic E-state index is 11.1. The summed E-state index contributed by atoms with van der Waals surface area (Å²) in [7, 11) is 1.30. The summed E-state index contributed by atoms with van der Waals surface area (Å²) in [6, 6.07) is 4.47. The number of hydrogen-bond acceptors (Lipinski definition) is 4. The Morgan fingerprint density at radius 3 is 2.60 bits per heavy atom. The summed E-state index contributed by atoms with van der Waals surface area (Å²) in [5.41, 5.74) is 0.862. The zero-order valence-corrected chi connectivity index (χ0v) is 8.61. The predicted molar refractivity (Wildman–Crippen MR) is 53.8 cm³/mol. The molecule has 0 spiro atoms. The average Bonchev–Trinajstić information content (AvgIpc) is 2.20. The molecule has 0 aliphatic rings. The van der Waals surface area contributed by atoms with Gasteiger partial charge in [-0.25, -0.2) is 0 Å². The van der Waals surface area contributed by atoms with Crippen LogP contribution in [-0.2, 0) is 16.0 Å². The Labute approximate surface area is 87.5 Å². The van der Waals surface area contributed by atoms with E-state index in [0.717, 1.165) is 0 Å². The molecule has 0 fully saturated rings. The first-order valence-corrected chi connectivity index (χ1v) is 4.44. The van der Waals surface area contributed by atoms with Crippen molar-refractivity contribution < 1.29 is 19.4 Å². The molecule has 0 heterocycles. The number of ether oxygens (including phenoxy) is 1. The number of aromatic hydroxyl groups is 1. The van der Waals surface area contributed by atoms with Crippen LogP contribution in [0, 0.1) is 0 Å². The minimum atomic E-state index is -0.379. The number of Topliss-reactive ketones (excluding diaryl/α,β-unsaturated/α-hetero) is 1. The summed E-state index contributed by atoms with van der Waals surface area (Å²) >= 11 is 0. The van der Waals surface area contributed by atoms with Crippen LogP contribution in [0.15, 0.2) is 18.2 Å². The van der Waals surface area contributed by atoms with E-state index in [2.05, 4.69) is 4.74 Å². The summed E-state index contributed by atoms with van der Waals surface area (Å²) in [4.78, 5) is 22.1. The molecule has 4 nitrogen and oxygen atoms in total. The number of hydrogen-bond donors (Lipinski definition) is 1. The van der Waals surface area contributed by atoms with E-state index >= 15 is 0 Å². The molecule has 1 aromatic rings. The van der Waals surface area contributed by atoms with Gasteiger partial charge in [-0.15, -0.1) is 0 Å². The van der Waals surface area contributed by atoms with E-state index in [1.165, 1.54) is 26.2 Å². The van der Waals surface area contributed by atoms with E-state index in [1.807, 2.05) is 0 Å². The van der Waals surface area contributed by atoms with Crippen molar-refractivity contribution in [3.8, 4) is 5.75 Å². The number of carbonyl (C=O) groups is 2. The second-order valence-corrected chi connectivity index (χ2v) is 3.16. The first-order valence-electron chi connectivity index (χ1n) is 4.44. The highest BCUT2D eigenvalue weighted by Crippen LogP contribution is 2.19. The normalized spacial score (nSPS) is 9.73. The molecule has 1 rings (SSSR count). The van der Waals surface area contributed by atoms with Crippen LogP contribution < -0.4 is 0 Å². The minimum Gasteiger partial charge on any atom is -0.507 e. The number of methoxy groups -OCH3 is 1. The second-order valence-electron chi connectivity index (χ2n) is 3.16. The van der Waals surface area contributed by atoms with Crippen LogP contribution in [0.4, 0.5) is 0 Å². The number of carbonyl (C=O) groups excluding carboxylic acids is 2. The van der Waals surface area contributed by atoms with Crippen molar-refractivity contribution >= 4 is 11.8 Å². The topological polar surface area (TPSA) is 63.6 Å². The van der Waals surface area contributed by atoms with Gasteiger partial charge in [-0.05, 0) is 24.6 Å². The van der Waals surface area contributed by atoms with Crippen molar-refractivity contribution in [2.75, 3.05) is 7.11 Å². The lowest BCUT2D eigenvalue weighted by molar-refractivity contribution is -0.139. The number of phenolic OH excluding ortho intramolecular Hbond substituents is 1. The van der Waals surface area contributed by atoms with Gasteiger partial charge >= 0.3 is 5.97 Å². The standard InChI is InChI=1S/C11H12O4/c1-7(12)9-5-8(3-4-10(9)13)6-11(14)15-2/h3-5,13H,6H2,1-2H3. The lowest BCUT2D eigenvalue weighted by atomic mass is 10.0. The van der Waals surface area contributed by atoms with Gasteiger partial charge in [-0.3, -0.25) is 9.59 Å². The van der Waals surface area contributed by atoms with Crippen LogP contribution in [0.25, 0.3) is 0 Å². The van der Waals surface area contributed by atoms with E-state index in [9.17, 15) is 14.7 Å². The summed E-state index contributed by atoms with van der Waals surface area (Å²) in [6.45, 7) is 1.36. The molecule has 0 atom stereocenters. The van der Waals surface area contributed by atoms with Crippen molar-refractivity contribution in [2.45, 2.75) is 13.3 Å². The van der Waals surface area contributed by atoms with E-state index < -0.39 is 0 Å². The van der Waals surface area contributed by atoms with Gasteiger partial charge in [0.2, 0.25) is 0 Å². The van der Waals surface area contributed by atoms with Gasteiger partial charge in [0.1, 0.15) is 5.75 Å². The quantitative estimate of drug-likeness (QED) is 0.601. The van der Waals surface area contributed by atoms with Crippen molar-refractivity contribution in [1.29, 1.82) is 0 Å². The largest absolute Gasteiger partial charge is 0.507 e. The van der Waals surface area contributed by atoms with E-state index in [-0.39, 0.29) is 29.5 Å². The number of phenols is 1. The summed E-state index contributed by atoms with van der Waals surface area (Å²) in [5.74, 6) is -0.689. The fourth-order valence-corrected chi connectivity index (χ4v) is 1.21. The molecule has 0 saturated carbocycles. The van der Waals surface area contributed by atoms with E-state index in [0.29, 0.717) is 5.56 Å². The van der Waals surface area contributed by atoms with Gasteiger partial charge in [0.05, 0.1) is 19.1 Å². The average molecular weight is 208 g/mol. The Morgan fingerprint density at radius 2 is 2.07 bits per heavy atom. The first-order chi connectivity index (χ1) is 7.04. The van der Waals surface area contributed by atoms with E-state index in [4.69, 9.17) is 0 Å². The zero-order valence-electron chi connectivity index (χ0n) is 8.61. The third kappa shape index (κ3) is 2.80. The van der Waals surface area contributed by atoms with E-state index in [1.54, 1.807) is 6.07 Å². The summed E-state index contributed by atoms with van der Waals surface area (Å²) in [6.07, 6.45) is 0.0943. The fraction of sp³-hybridized carbons (Fsp3) is 0.273. The van der Waals surface area contributed by atoms with Crippen LogP contribution in [0.5, 0.6) is 5.75 Å². The molecule has 0 aliphatic carbocycles. The van der Waals surface area contributed by atoms with Crippen LogP contribution in [0.2, 0.25) is 0 Å². The molecule has 0 aromatic heterocycles. The number of rotatable bonds is 3. The molecule has 0 amide bonds. The lowest BCUT2D eigenvalue weighted by Gasteiger charge is -2.04. The Balaban J connectivity index is 2.97. The van der Waals surface area contributed by atoms with Crippen LogP contribution in [-0.4, -0.2) is 24.0 Å². The van der Waals surface area contributed by atoms with Gasteiger partial charge in [0, 0.05) is 0 Å². The van der Waals surface area contributed by atoms with Gasteiger partial charge < -0.3 is 9.84 Å². The predicted octanol–water partition coefficient (Wildman–Crippen LogP) is 1.31. The van der Waals surface area contributed by atoms with Crippen LogP contribution >= 0.6 is 0 Å². The van der Waals surface area contributed by atoms with Crippen molar-refractivity contribution in [3.63, 3.8) is 0 Å². The smallest absolute Gasteiger partial charge is 0.309 e. The molecular formula is C11H12O4. The molecule has 0 bridgehead atoms. The molecule has 0 saturated heterocycles. The Bertz CT molecular complexity index is 396. The Morgan fingerprint density at radius 1 is 1.40 bits per heavy atom. The van der Waals surface area contributed by atoms with Crippen LogP contribution in [0.3, 0.4) is 0 Å². The SMILES string of the molecule is COC(=O)Cc1ccc(O)c(C(C)=O)c1. The maximum absolute atomic E-state index is 11.1. The van der Waals surface area contributed by atoms with Crippen molar-refractivity contribution in [2.24, 2.45) is 0 Å².